The average Bonchev–Trinajstić information content (AvgIpc) is 2.31. The Bertz CT molecular complexity index is 348. The fourth-order valence-corrected chi connectivity index (χ4v) is 2.03. The van der Waals surface area contributed by atoms with E-state index in [2.05, 4.69) is 0 Å². The number of ether oxygens (including phenoxy) is 1. The fourth-order valence-electron chi connectivity index (χ4n) is 2.03. The molecule has 1 aromatic carbocycles. The van der Waals surface area contributed by atoms with Crippen LogP contribution in [0.5, 0.6) is 0 Å². The lowest BCUT2D eigenvalue weighted by Gasteiger charge is -2.21. The van der Waals surface area contributed by atoms with Gasteiger partial charge in [-0.05, 0) is 26.2 Å². The molecule has 1 fully saturated rings. The van der Waals surface area contributed by atoms with Gasteiger partial charge in [0.15, 0.2) is 5.78 Å². The second kappa shape index (κ2) is 5.26. The van der Waals surface area contributed by atoms with E-state index in [0.717, 1.165) is 25.0 Å². The third-order valence-electron chi connectivity index (χ3n) is 3.06. The topological polar surface area (TPSA) is 26.3 Å². The minimum Gasteiger partial charge on any atom is -0.378 e. The highest BCUT2D eigenvalue weighted by molar-refractivity contribution is 5.96. The van der Waals surface area contributed by atoms with Crippen molar-refractivity contribution in [2.75, 3.05) is 6.61 Å². The Hall–Kier alpha value is -1.15. The molecule has 2 rings (SSSR count). The largest absolute Gasteiger partial charge is 0.378 e. The molecule has 1 atom stereocenters. The predicted molar refractivity (Wildman–Crippen MR) is 63.7 cm³/mol. The van der Waals surface area contributed by atoms with Gasteiger partial charge in [-0.3, -0.25) is 4.79 Å². The molecule has 1 aromatic rings. The summed E-state index contributed by atoms with van der Waals surface area (Å²) in [6.07, 6.45) is 4.02. The van der Waals surface area contributed by atoms with Gasteiger partial charge >= 0.3 is 0 Å². The lowest BCUT2D eigenvalue weighted by molar-refractivity contribution is 0.0129. The number of rotatable bonds is 3. The number of carbonyl (C=O) groups is 1. The van der Waals surface area contributed by atoms with E-state index >= 15 is 0 Å². The van der Waals surface area contributed by atoms with Crippen LogP contribution < -0.4 is 0 Å². The van der Waals surface area contributed by atoms with Crippen LogP contribution in [-0.2, 0) is 4.74 Å². The van der Waals surface area contributed by atoms with Crippen LogP contribution >= 0.6 is 0 Å². The van der Waals surface area contributed by atoms with Crippen molar-refractivity contribution in [1.82, 2.24) is 0 Å². The van der Waals surface area contributed by atoms with E-state index < -0.39 is 0 Å². The van der Waals surface area contributed by atoms with Crippen molar-refractivity contribution in [2.45, 2.75) is 38.7 Å². The average molecular weight is 218 g/mol. The highest BCUT2D eigenvalue weighted by Crippen LogP contribution is 2.18. The molecule has 0 bridgehead atoms. The molecule has 1 aliphatic heterocycles. The van der Waals surface area contributed by atoms with Crippen molar-refractivity contribution in [1.29, 1.82) is 0 Å². The maximum absolute atomic E-state index is 11.9. The Morgan fingerprint density at radius 2 is 2.06 bits per heavy atom. The SMILES string of the molecule is Cc1ccc(C(=O)CC2CCCCO2)cc1. The summed E-state index contributed by atoms with van der Waals surface area (Å²) in [5.41, 5.74) is 1.99. The first kappa shape index (κ1) is 11.3. The summed E-state index contributed by atoms with van der Waals surface area (Å²) in [6.45, 7) is 2.84. The summed E-state index contributed by atoms with van der Waals surface area (Å²) in [6, 6.07) is 7.77. The van der Waals surface area contributed by atoms with E-state index in [1.807, 2.05) is 31.2 Å². The standard InChI is InChI=1S/C14H18O2/c1-11-5-7-12(8-6-11)14(15)10-13-4-2-3-9-16-13/h5-8,13H,2-4,9-10H2,1H3. The van der Waals surface area contributed by atoms with Crippen molar-refractivity contribution in [2.24, 2.45) is 0 Å². The molecule has 16 heavy (non-hydrogen) atoms. The maximum atomic E-state index is 11.9. The van der Waals surface area contributed by atoms with Crippen LogP contribution in [0.25, 0.3) is 0 Å². The number of hydrogen-bond donors (Lipinski definition) is 0. The summed E-state index contributed by atoms with van der Waals surface area (Å²) in [4.78, 5) is 11.9. The lowest BCUT2D eigenvalue weighted by Crippen LogP contribution is -2.22. The number of benzene rings is 1. The molecular formula is C14H18O2. The molecule has 2 nitrogen and oxygen atoms in total. The highest BCUT2D eigenvalue weighted by atomic mass is 16.5. The third kappa shape index (κ3) is 2.92. The van der Waals surface area contributed by atoms with Crippen molar-refractivity contribution >= 4 is 5.78 Å². The first-order chi connectivity index (χ1) is 7.75. The zero-order valence-corrected chi connectivity index (χ0v) is 9.74. The molecule has 0 radical (unpaired) electrons. The van der Waals surface area contributed by atoms with Crippen LogP contribution in [-0.4, -0.2) is 18.5 Å². The van der Waals surface area contributed by atoms with E-state index in [0.29, 0.717) is 6.42 Å². The second-order valence-electron chi connectivity index (χ2n) is 4.48. The van der Waals surface area contributed by atoms with Gasteiger partial charge in [0.25, 0.3) is 0 Å². The van der Waals surface area contributed by atoms with Gasteiger partial charge < -0.3 is 4.74 Å². The summed E-state index contributed by atoms with van der Waals surface area (Å²) in [5, 5.41) is 0. The zero-order chi connectivity index (χ0) is 11.4. The Kier molecular flexibility index (Phi) is 3.73. The van der Waals surface area contributed by atoms with Gasteiger partial charge in [0.05, 0.1) is 6.10 Å². The van der Waals surface area contributed by atoms with Gasteiger partial charge in [-0.1, -0.05) is 29.8 Å². The Balaban J connectivity index is 1.94. The van der Waals surface area contributed by atoms with E-state index in [4.69, 9.17) is 4.74 Å². The zero-order valence-electron chi connectivity index (χ0n) is 9.74. The molecule has 0 aliphatic carbocycles. The molecule has 1 heterocycles. The molecular weight excluding hydrogens is 200 g/mol. The van der Waals surface area contributed by atoms with Gasteiger partial charge in [0.2, 0.25) is 0 Å². The van der Waals surface area contributed by atoms with Crippen LogP contribution in [0, 0.1) is 6.92 Å². The van der Waals surface area contributed by atoms with Gasteiger partial charge in [-0.25, -0.2) is 0 Å². The van der Waals surface area contributed by atoms with Crippen LogP contribution in [0.1, 0.15) is 41.6 Å². The second-order valence-corrected chi connectivity index (χ2v) is 4.48. The molecule has 0 amide bonds. The minimum atomic E-state index is 0.141. The van der Waals surface area contributed by atoms with Crippen molar-refractivity contribution in [3.8, 4) is 0 Å². The van der Waals surface area contributed by atoms with Crippen molar-refractivity contribution in [3.63, 3.8) is 0 Å². The predicted octanol–water partition coefficient (Wildman–Crippen LogP) is 3.14. The molecule has 0 aromatic heterocycles. The quantitative estimate of drug-likeness (QED) is 0.728. The monoisotopic (exact) mass is 218 g/mol. The number of carbonyl (C=O) groups excluding carboxylic acids is 1. The lowest BCUT2D eigenvalue weighted by atomic mass is 9.99. The summed E-state index contributed by atoms with van der Waals surface area (Å²) >= 11 is 0. The Labute approximate surface area is 96.6 Å². The van der Waals surface area contributed by atoms with E-state index in [1.54, 1.807) is 0 Å². The first-order valence-electron chi connectivity index (χ1n) is 5.97. The number of ketones is 1. The van der Waals surface area contributed by atoms with Gasteiger partial charge in [0, 0.05) is 18.6 Å². The van der Waals surface area contributed by atoms with Gasteiger partial charge in [-0.2, -0.15) is 0 Å². The van der Waals surface area contributed by atoms with Gasteiger partial charge in [-0.15, -0.1) is 0 Å². The number of Topliss-reactive ketones (excluding diaryl/α,β-unsaturated/α-hetero) is 1. The Morgan fingerprint density at radius 3 is 2.69 bits per heavy atom. The molecule has 86 valence electrons. The van der Waals surface area contributed by atoms with Crippen molar-refractivity contribution in [3.05, 3.63) is 35.4 Å². The molecule has 2 heteroatoms. The third-order valence-corrected chi connectivity index (χ3v) is 3.06. The van der Waals surface area contributed by atoms with Crippen LogP contribution in [0.15, 0.2) is 24.3 Å². The Morgan fingerprint density at radius 1 is 1.31 bits per heavy atom. The maximum Gasteiger partial charge on any atom is 0.165 e. The number of aryl methyl sites for hydroxylation is 1. The minimum absolute atomic E-state index is 0.141. The highest BCUT2D eigenvalue weighted by Gasteiger charge is 2.18. The summed E-state index contributed by atoms with van der Waals surface area (Å²) in [7, 11) is 0. The molecule has 1 aliphatic rings. The summed E-state index contributed by atoms with van der Waals surface area (Å²) in [5.74, 6) is 0.201. The van der Waals surface area contributed by atoms with Gasteiger partial charge in [0.1, 0.15) is 0 Å². The van der Waals surface area contributed by atoms with E-state index in [9.17, 15) is 4.79 Å². The normalized spacial score (nSPS) is 20.7. The van der Waals surface area contributed by atoms with E-state index in [-0.39, 0.29) is 11.9 Å². The fraction of sp³-hybridized carbons (Fsp3) is 0.500. The first-order valence-corrected chi connectivity index (χ1v) is 5.97. The molecule has 0 saturated carbocycles. The molecule has 0 N–H and O–H groups in total. The molecule has 0 spiro atoms. The number of hydrogen-bond acceptors (Lipinski definition) is 2. The van der Waals surface area contributed by atoms with E-state index in [1.165, 1.54) is 12.0 Å². The van der Waals surface area contributed by atoms with Crippen LogP contribution in [0.3, 0.4) is 0 Å². The molecule has 1 unspecified atom stereocenters. The van der Waals surface area contributed by atoms with Crippen LogP contribution in [0.2, 0.25) is 0 Å². The van der Waals surface area contributed by atoms with Crippen LogP contribution in [0.4, 0.5) is 0 Å². The smallest absolute Gasteiger partial charge is 0.165 e. The van der Waals surface area contributed by atoms with Crippen molar-refractivity contribution < 1.29 is 9.53 Å². The summed E-state index contributed by atoms with van der Waals surface area (Å²) < 4.78 is 5.57. The molecule has 1 saturated heterocycles.